The lowest BCUT2D eigenvalue weighted by Gasteiger charge is -2.31. The predicted octanol–water partition coefficient (Wildman–Crippen LogP) is 1.27. The third-order valence-corrected chi connectivity index (χ3v) is 3.29. The second-order valence-corrected chi connectivity index (χ2v) is 4.70. The molecule has 0 bridgehead atoms. The van der Waals surface area contributed by atoms with Gasteiger partial charge < -0.3 is 15.2 Å². The van der Waals surface area contributed by atoms with E-state index in [1.165, 1.54) is 0 Å². The lowest BCUT2D eigenvalue weighted by Crippen LogP contribution is -2.46. The van der Waals surface area contributed by atoms with Gasteiger partial charge >= 0.3 is 0 Å². The molecular formula is C14H19NO3. The zero-order valence-electron chi connectivity index (χ0n) is 10.6. The number of carbonyl (C=O) groups is 1. The van der Waals surface area contributed by atoms with Crippen molar-refractivity contribution in [1.82, 2.24) is 5.32 Å². The molecule has 1 aliphatic rings. The van der Waals surface area contributed by atoms with Crippen LogP contribution in [0.3, 0.4) is 0 Å². The summed E-state index contributed by atoms with van der Waals surface area (Å²) in [4.78, 5) is 11.7. The smallest absolute Gasteiger partial charge is 0.220 e. The number of para-hydroxylation sites is 1. The SMILES string of the molecule is COc1ccccc1CCC(=O)NC1CC(O)C1. The van der Waals surface area contributed by atoms with Crippen molar-refractivity contribution in [2.45, 2.75) is 37.8 Å². The maximum Gasteiger partial charge on any atom is 0.220 e. The number of aliphatic hydroxyl groups is 1. The van der Waals surface area contributed by atoms with Gasteiger partial charge in [-0.25, -0.2) is 0 Å². The van der Waals surface area contributed by atoms with Crippen LogP contribution in [-0.4, -0.2) is 30.3 Å². The Balaban J connectivity index is 1.78. The largest absolute Gasteiger partial charge is 0.496 e. The number of ether oxygens (including phenoxy) is 1. The first-order valence-electron chi connectivity index (χ1n) is 6.28. The highest BCUT2D eigenvalue weighted by molar-refractivity contribution is 5.76. The van der Waals surface area contributed by atoms with Crippen molar-refractivity contribution in [2.24, 2.45) is 0 Å². The zero-order chi connectivity index (χ0) is 13.0. The molecule has 0 atom stereocenters. The van der Waals surface area contributed by atoms with Gasteiger partial charge in [-0.3, -0.25) is 4.79 Å². The lowest BCUT2D eigenvalue weighted by atomic mass is 9.89. The minimum absolute atomic E-state index is 0.0396. The maximum atomic E-state index is 11.7. The van der Waals surface area contributed by atoms with Gasteiger partial charge in [-0.15, -0.1) is 0 Å². The van der Waals surface area contributed by atoms with E-state index in [1.54, 1.807) is 7.11 Å². The lowest BCUT2D eigenvalue weighted by molar-refractivity contribution is -0.123. The molecule has 1 amide bonds. The average Bonchev–Trinajstić information content (AvgIpc) is 2.35. The molecule has 0 spiro atoms. The highest BCUT2D eigenvalue weighted by Crippen LogP contribution is 2.21. The van der Waals surface area contributed by atoms with Gasteiger partial charge in [-0.1, -0.05) is 18.2 Å². The van der Waals surface area contributed by atoms with E-state index in [4.69, 9.17) is 9.84 Å². The van der Waals surface area contributed by atoms with E-state index in [-0.39, 0.29) is 18.1 Å². The van der Waals surface area contributed by atoms with Gasteiger partial charge in [0.2, 0.25) is 5.91 Å². The van der Waals surface area contributed by atoms with Gasteiger partial charge in [-0.05, 0) is 30.9 Å². The van der Waals surface area contributed by atoms with Crippen LogP contribution in [0.1, 0.15) is 24.8 Å². The first-order chi connectivity index (χ1) is 8.69. The van der Waals surface area contributed by atoms with E-state index in [1.807, 2.05) is 24.3 Å². The van der Waals surface area contributed by atoms with E-state index >= 15 is 0 Å². The molecular weight excluding hydrogens is 230 g/mol. The summed E-state index contributed by atoms with van der Waals surface area (Å²) < 4.78 is 5.24. The number of aryl methyl sites for hydroxylation is 1. The summed E-state index contributed by atoms with van der Waals surface area (Å²) in [6.07, 6.45) is 2.25. The Morgan fingerprint density at radius 2 is 2.17 bits per heavy atom. The maximum absolute atomic E-state index is 11.7. The average molecular weight is 249 g/mol. The fraction of sp³-hybridized carbons (Fsp3) is 0.500. The summed E-state index contributed by atoms with van der Waals surface area (Å²) in [6.45, 7) is 0. The van der Waals surface area contributed by atoms with Crippen LogP contribution >= 0.6 is 0 Å². The topological polar surface area (TPSA) is 58.6 Å². The van der Waals surface area contributed by atoms with Gasteiger partial charge in [0.25, 0.3) is 0 Å². The quantitative estimate of drug-likeness (QED) is 0.826. The Hall–Kier alpha value is -1.55. The van der Waals surface area contributed by atoms with Crippen molar-refractivity contribution >= 4 is 5.91 Å². The molecule has 18 heavy (non-hydrogen) atoms. The molecule has 0 aliphatic heterocycles. The van der Waals surface area contributed by atoms with Crippen molar-refractivity contribution in [3.63, 3.8) is 0 Å². The Labute approximate surface area is 107 Å². The van der Waals surface area contributed by atoms with E-state index in [2.05, 4.69) is 5.32 Å². The van der Waals surface area contributed by atoms with Crippen LogP contribution in [0.4, 0.5) is 0 Å². The molecule has 1 aromatic rings. The molecule has 1 saturated carbocycles. The van der Waals surface area contributed by atoms with Crippen molar-refractivity contribution in [3.8, 4) is 5.75 Å². The first kappa shape index (κ1) is 12.9. The monoisotopic (exact) mass is 249 g/mol. The van der Waals surface area contributed by atoms with E-state index in [0.717, 1.165) is 11.3 Å². The molecule has 2 N–H and O–H groups in total. The highest BCUT2D eigenvalue weighted by atomic mass is 16.5. The second kappa shape index (κ2) is 5.87. The number of hydrogen-bond donors (Lipinski definition) is 2. The van der Waals surface area contributed by atoms with Crippen molar-refractivity contribution < 1.29 is 14.6 Å². The van der Waals surface area contributed by atoms with Gasteiger partial charge in [0.1, 0.15) is 5.75 Å². The summed E-state index contributed by atoms with van der Waals surface area (Å²) in [5, 5.41) is 12.1. The molecule has 1 fully saturated rings. The standard InChI is InChI=1S/C14H19NO3/c1-18-13-5-3-2-4-10(13)6-7-14(17)15-11-8-12(16)9-11/h2-5,11-12,16H,6-9H2,1H3,(H,15,17). The number of aliphatic hydroxyl groups excluding tert-OH is 1. The number of nitrogens with one attached hydrogen (secondary N) is 1. The molecule has 0 saturated heterocycles. The molecule has 0 unspecified atom stereocenters. The molecule has 4 nitrogen and oxygen atoms in total. The van der Waals surface area contributed by atoms with Crippen molar-refractivity contribution in [2.75, 3.05) is 7.11 Å². The molecule has 2 rings (SSSR count). The Morgan fingerprint density at radius 3 is 2.83 bits per heavy atom. The first-order valence-corrected chi connectivity index (χ1v) is 6.28. The van der Waals surface area contributed by atoms with Gasteiger partial charge in [0.15, 0.2) is 0 Å². The van der Waals surface area contributed by atoms with E-state index < -0.39 is 0 Å². The summed E-state index contributed by atoms with van der Waals surface area (Å²) in [5.74, 6) is 0.863. The number of methoxy groups -OCH3 is 1. The Kier molecular flexibility index (Phi) is 4.20. The molecule has 0 aromatic heterocycles. The third kappa shape index (κ3) is 3.23. The Bertz CT molecular complexity index is 413. The van der Waals surface area contributed by atoms with E-state index in [0.29, 0.717) is 25.7 Å². The van der Waals surface area contributed by atoms with Crippen LogP contribution in [0.2, 0.25) is 0 Å². The predicted molar refractivity (Wildman–Crippen MR) is 68.5 cm³/mol. The second-order valence-electron chi connectivity index (χ2n) is 4.70. The van der Waals surface area contributed by atoms with Crippen molar-refractivity contribution in [3.05, 3.63) is 29.8 Å². The summed E-state index contributed by atoms with van der Waals surface area (Å²) in [6, 6.07) is 7.88. The minimum atomic E-state index is -0.232. The molecule has 1 aliphatic carbocycles. The van der Waals surface area contributed by atoms with Crippen LogP contribution in [0.25, 0.3) is 0 Å². The number of benzene rings is 1. The molecule has 0 heterocycles. The fourth-order valence-corrected chi connectivity index (χ4v) is 2.16. The normalized spacial score (nSPS) is 22.1. The number of rotatable bonds is 5. The molecule has 4 heteroatoms. The molecule has 0 radical (unpaired) electrons. The van der Waals surface area contributed by atoms with Gasteiger partial charge in [-0.2, -0.15) is 0 Å². The number of amides is 1. The van der Waals surface area contributed by atoms with Crippen LogP contribution < -0.4 is 10.1 Å². The Morgan fingerprint density at radius 1 is 1.44 bits per heavy atom. The fourth-order valence-electron chi connectivity index (χ4n) is 2.16. The highest BCUT2D eigenvalue weighted by Gasteiger charge is 2.28. The summed E-state index contributed by atoms with van der Waals surface area (Å²) in [5.41, 5.74) is 1.05. The van der Waals surface area contributed by atoms with E-state index in [9.17, 15) is 4.79 Å². The summed E-state index contributed by atoms with van der Waals surface area (Å²) in [7, 11) is 1.63. The summed E-state index contributed by atoms with van der Waals surface area (Å²) >= 11 is 0. The van der Waals surface area contributed by atoms with Crippen LogP contribution in [0.15, 0.2) is 24.3 Å². The van der Waals surface area contributed by atoms with Crippen LogP contribution in [0, 0.1) is 0 Å². The third-order valence-electron chi connectivity index (χ3n) is 3.29. The molecule has 1 aromatic carbocycles. The van der Waals surface area contributed by atoms with Gasteiger partial charge in [0, 0.05) is 12.5 Å². The number of carbonyl (C=O) groups excluding carboxylic acids is 1. The number of hydrogen-bond acceptors (Lipinski definition) is 3. The molecule has 98 valence electrons. The minimum Gasteiger partial charge on any atom is -0.496 e. The zero-order valence-corrected chi connectivity index (χ0v) is 10.6. The van der Waals surface area contributed by atoms with Crippen molar-refractivity contribution in [1.29, 1.82) is 0 Å². The van der Waals surface area contributed by atoms with Crippen LogP contribution in [0.5, 0.6) is 5.75 Å². The van der Waals surface area contributed by atoms with Gasteiger partial charge in [0.05, 0.1) is 13.2 Å². The van der Waals surface area contributed by atoms with Crippen LogP contribution in [-0.2, 0) is 11.2 Å².